The molecule has 0 spiro atoms. The lowest BCUT2D eigenvalue weighted by molar-refractivity contribution is 0.197. The highest BCUT2D eigenvalue weighted by atomic mass is 127. The van der Waals surface area contributed by atoms with E-state index >= 15 is 0 Å². The number of likely N-dealkylation sites (tertiary alicyclic amines) is 1. The van der Waals surface area contributed by atoms with Crippen LogP contribution in [0.1, 0.15) is 39.5 Å². The third-order valence-electron chi connectivity index (χ3n) is 3.76. The summed E-state index contributed by atoms with van der Waals surface area (Å²) in [6, 6.07) is 1.15. The maximum atomic E-state index is 5.88. The van der Waals surface area contributed by atoms with Crippen LogP contribution in [0.2, 0.25) is 0 Å². The molecule has 0 radical (unpaired) electrons. The van der Waals surface area contributed by atoms with Crippen LogP contribution in [0.5, 0.6) is 0 Å². The molecule has 1 saturated carbocycles. The Morgan fingerprint density at radius 3 is 2.44 bits per heavy atom. The van der Waals surface area contributed by atoms with E-state index in [1.165, 1.54) is 38.8 Å². The van der Waals surface area contributed by atoms with Gasteiger partial charge in [0.15, 0.2) is 5.96 Å². The molecule has 0 aromatic rings. The van der Waals surface area contributed by atoms with Gasteiger partial charge in [-0.3, -0.25) is 9.89 Å². The first-order chi connectivity index (χ1) is 8.16. The first-order valence-corrected chi connectivity index (χ1v) is 6.97. The molecule has 1 unspecified atom stereocenters. The van der Waals surface area contributed by atoms with E-state index in [9.17, 15) is 0 Å². The van der Waals surface area contributed by atoms with Crippen LogP contribution < -0.4 is 11.1 Å². The summed E-state index contributed by atoms with van der Waals surface area (Å²) in [5.74, 6) is 1.28. The molecule has 2 rings (SSSR count). The molecular weight excluding hydrogens is 339 g/mol. The Morgan fingerprint density at radius 1 is 1.33 bits per heavy atom. The van der Waals surface area contributed by atoms with E-state index < -0.39 is 0 Å². The molecule has 106 valence electrons. The van der Waals surface area contributed by atoms with Crippen molar-refractivity contribution >= 4 is 29.9 Å². The molecule has 1 atom stereocenters. The molecule has 1 aliphatic carbocycles. The molecular formula is C13H27IN4. The average molecular weight is 366 g/mol. The second kappa shape index (κ2) is 7.53. The molecule has 0 bridgehead atoms. The number of guanidine groups is 1. The fourth-order valence-corrected chi connectivity index (χ4v) is 2.50. The first kappa shape index (κ1) is 16.0. The quantitative estimate of drug-likeness (QED) is 0.443. The van der Waals surface area contributed by atoms with Crippen LogP contribution in [0, 0.1) is 5.92 Å². The molecule has 4 nitrogen and oxygen atoms in total. The van der Waals surface area contributed by atoms with Gasteiger partial charge in [0, 0.05) is 12.1 Å². The Bertz CT molecular complexity index is 270. The smallest absolute Gasteiger partial charge is 0.188 e. The molecule has 0 aromatic carbocycles. The van der Waals surface area contributed by atoms with E-state index in [4.69, 9.17) is 5.73 Å². The van der Waals surface area contributed by atoms with E-state index in [0.717, 1.165) is 6.54 Å². The molecule has 1 aliphatic heterocycles. The van der Waals surface area contributed by atoms with Crippen LogP contribution in [0.3, 0.4) is 0 Å². The first-order valence-electron chi connectivity index (χ1n) is 6.97. The maximum absolute atomic E-state index is 5.88. The van der Waals surface area contributed by atoms with Gasteiger partial charge in [0.05, 0.1) is 6.54 Å². The minimum atomic E-state index is 0. The van der Waals surface area contributed by atoms with Crippen LogP contribution in [-0.4, -0.2) is 42.6 Å². The average Bonchev–Trinajstić information content (AvgIpc) is 2.92. The molecule has 3 N–H and O–H groups in total. The topological polar surface area (TPSA) is 53.6 Å². The van der Waals surface area contributed by atoms with Crippen molar-refractivity contribution in [3.8, 4) is 0 Å². The third kappa shape index (κ3) is 4.91. The third-order valence-corrected chi connectivity index (χ3v) is 3.76. The van der Waals surface area contributed by atoms with Gasteiger partial charge < -0.3 is 11.1 Å². The van der Waals surface area contributed by atoms with Crippen molar-refractivity contribution in [1.82, 2.24) is 10.2 Å². The number of hydrogen-bond acceptors (Lipinski definition) is 2. The molecule has 0 aromatic heterocycles. The second-order valence-corrected chi connectivity index (χ2v) is 5.70. The summed E-state index contributed by atoms with van der Waals surface area (Å²) in [4.78, 5) is 7.08. The van der Waals surface area contributed by atoms with Crippen LogP contribution in [0.25, 0.3) is 0 Å². The Hall–Kier alpha value is -0.0400. The highest BCUT2D eigenvalue weighted by molar-refractivity contribution is 14.0. The summed E-state index contributed by atoms with van der Waals surface area (Å²) in [6.07, 6.45) is 5.16. The van der Waals surface area contributed by atoms with Gasteiger partial charge in [-0.1, -0.05) is 13.8 Å². The molecule has 2 fully saturated rings. The Kier molecular flexibility index (Phi) is 6.70. The summed E-state index contributed by atoms with van der Waals surface area (Å²) < 4.78 is 0. The minimum Gasteiger partial charge on any atom is -0.370 e. The summed E-state index contributed by atoms with van der Waals surface area (Å²) >= 11 is 0. The van der Waals surface area contributed by atoms with E-state index in [2.05, 4.69) is 29.1 Å². The largest absolute Gasteiger partial charge is 0.370 e. The van der Waals surface area contributed by atoms with Gasteiger partial charge in [0.2, 0.25) is 0 Å². The van der Waals surface area contributed by atoms with Crippen molar-refractivity contribution in [1.29, 1.82) is 0 Å². The predicted molar refractivity (Wildman–Crippen MR) is 87.5 cm³/mol. The second-order valence-electron chi connectivity index (χ2n) is 5.70. The van der Waals surface area contributed by atoms with Gasteiger partial charge in [0.1, 0.15) is 0 Å². The predicted octanol–water partition coefficient (Wildman–Crippen LogP) is 1.79. The number of nitrogens with one attached hydrogen (secondary N) is 1. The van der Waals surface area contributed by atoms with E-state index in [0.29, 0.717) is 24.0 Å². The summed E-state index contributed by atoms with van der Waals surface area (Å²) in [6.45, 7) is 7.86. The number of hydrogen-bond donors (Lipinski definition) is 2. The van der Waals surface area contributed by atoms with E-state index in [1.54, 1.807) is 0 Å². The lowest BCUT2D eigenvalue weighted by Crippen LogP contribution is -2.41. The Morgan fingerprint density at radius 2 is 1.94 bits per heavy atom. The zero-order valence-corrected chi connectivity index (χ0v) is 13.9. The van der Waals surface area contributed by atoms with Crippen LogP contribution in [-0.2, 0) is 0 Å². The number of nitrogens with two attached hydrogens (primary N) is 1. The summed E-state index contributed by atoms with van der Waals surface area (Å²) in [7, 11) is 0. The highest BCUT2D eigenvalue weighted by Gasteiger charge is 2.25. The fraction of sp³-hybridized carbons (Fsp3) is 0.923. The monoisotopic (exact) mass is 366 g/mol. The van der Waals surface area contributed by atoms with Crippen molar-refractivity contribution in [3.05, 3.63) is 0 Å². The lowest BCUT2D eigenvalue weighted by Gasteiger charge is -2.29. The van der Waals surface area contributed by atoms with Gasteiger partial charge >= 0.3 is 0 Å². The van der Waals surface area contributed by atoms with Gasteiger partial charge in [0.25, 0.3) is 0 Å². The van der Waals surface area contributed by atoms with Crippen molar-refractivity contribution < 1.29 is 0 Å². The number of nitrogens with zero attached hydrogens (tertiary/aromatic N) is 2. The van der Waals surface area contributed by atoms with Crippen molar-refractivity contribution in [2.24, 2.45) is 16.6 Å². The minimum absolute atomic E-state index is 0. The van der Waals surface area contributed by atoms with Crippen molar-refractivity contribution in [2.75, 3.05) is 19.6 Å². The highest BCUT2D eigenvalue weighted by Crippen LogP contribution is 2.19. The molecule has 0 amide bonds. The van der Waals surface area contributed by atoms with Crippen LogP contribution in [0.4, 0.5) is 0 Å². The van der Waals surface area contributed by atoms with Gasteiger partial charge in [-0.05, 0) is 44.7 Å². The molecule has 1 saturated heterocycles. The van der Waals surface area contributed by atoms with Crippen LogP contribution >= 0.6 is 24.0 Å². The molecule has 2 aliphatic rings. The number of halogens is 1. The lowest BCUT2D eigenvalue weighted by atomic mass is 10.0. The summed E-state index contributed by atoms with van der Waals surface area (Å²) in [5, 5.41) is 3.25. The van der Waals surface area contributed by atoms with Gasteiger partial charge in [-0.15, -0.1) is 24.0 Å². The van der Waals surface area contributed by atoms with Crippen LogP contribution in [0.15, 0.2) is 4.99 Å². The van der Waals surface area contributed by atoms with Gasteiger partial charge in [-0.25, -0.2) is 0 Å². The Labute approximate surface area is 128 Å². The normalized spacial score (nSPS) is 22.9. The number of rotatable bonds is 5. The summed E-state index contributed by atoms with van der Waals surface area (Å²) in [5.41, 5.74) is 5.88. The number of aliphatic imine (C=N–C) groups is 1. The Balaban J connectivity index is 0.00000162. The molecule has 18 heavy (non-hydrogen) atoms. The van der Waals surface area contributed by atoms with Gasteiger partial charge in [-0.2, -0.15) is 0 Å². The maximum Gasteiger partial charge on any atom is 0.188 e. The van der Waals surface area contributed by atoms with Crippen molar-refractivity contribution in [2.45, 2.75) is 51.6 Å². The van der Waals surface area contributed by atoms with E-state index in [-0.39, 0.29) is 24.0 Å². The SMILES string of the molecule is CC(C)C(CN=C(N)NC1CC1)N1CCCC1.I. The zero-order valence-electron chi connectivity index (χ0n) is 11.6. The van der Waals surface area contributed by atoms with E-state index in [1.807, 2.05) is 0 Å². The standard InChI is InChI=1S/C13H26N4.HI/c1-10(2)12(17-7-3-4-8-17)9-15-13(14)16-11-5-6-11;/h10-12H,3-9H2,1-2H3,(H3,14,15,16);1H. The molecule has 1 heterocycles. The fourth-order valence-electron chi connectivity index (χ4n) is 2.50. The van der Waals surface area contributed by atoms with Crippen molar-refractivity contribution in [3.63, 3.8) is 0 Å². The zero-order chi connectivity index (χ0) is 12.3. The molecule has 5 heteroatoms.